The van der Waals surface area contributed by atoms with Crippen molar-refractivity contribution in [1.82, 2.24) is 10.2 Å². The fourth-order valence-electron chi connectivity index (χ4n) is 4.28. The highest BCUT2D eigenvalue weighted by molar-refractivity contribution is 7.99. The van der Waals surface area contributed by atoms with Gasteiger partial charge < -0.3 is 10.2 Å². The molecule has 2 amide bonds. The largest absolute Gasteiger partial charge is 0.352 e. The van der Waals surface area contributed by atoms with Crippen molar-refractivity contribution in [3.63, 3.8) is 0 Å². The molecule has 0 bridgehead atoms. The second kappa shape index (κ2) is 11.8. The molecule has 1 fully saturated rings. The topological polar surface area (TPSA) is 49.4 Å². The van der Waals surface area contributed by atoms with Crippen molar-refractivity contribution < 1.29 is 9.59 Å². The summed E-state index contributed by atoms with van der Waals surface area (Å²) in [6.45, 7) is 6.31. The first kappa shape index (κ1) is 24.7. The van der Waals surface area contributed by atoms with Crippen LogP contribution in [0.5, 0.6) is 0 Å². The number of hydrogen-bond acceptors (Lipinski definition) is 3. The Balaban J connectivity index is 1.67. The molecule has 1 aliphatic rings. The second-order valence-corrected chi connectivity index (χ2v) is 10.2. The summed E-state index contributed by atoms with van der Waals surface area (Å²) in [6, 6.07) is 13.6. The number of halogens is 1. The van der Waals surface area contributed by atoms with E-state index in [0.29, 0.717) is 17.3 Å². The highest BCUT2D eigenvalue weighted by Gasteiger charge is 2.28. The molecule has 172 valence electrons. The van der Waals surface area contributed by atoms with Crippen molar-refractivity contribution in [2.24, 2.45) is 0 Å². The molecule has 0 saturated heterocycles. The van der Waals surface area contributed by atoms with Gasteiger partial charge in [0.1, 0.15) is 6.04 Å². The lowest BCUT2D eigenvalue weighted by molar-refractivity contribution is -0.138. The van der Waals surface area contributed by atoms with E-state index in [1.807, 2.05) is 31.2 Å². The van der Waals surface area contributed by atoms with E-state index < -0.39 is 6.04 Å². The molecule has 3 rings (SSSR count). The van der Waals surface area contributed by atoms with E-state index in [-0.39, 0.29) is 17.9 Å². The molecule has 0 radical (unpaired) electrons. The summed E-state index contributed by atoms with van der Waals surface area (Å²) >= 11 is 7.95. The van der Waals surface area contributed by atoms with E-state index in [9.17, 15) is 9.59 Å². The molecule has 6 heteroatoms. The fourth-order valence-corrected chi connectivity index (χ4v) is 5.32. The van der Waals surface area contributed by atoms with Gasteiger partial charge in [-0.1, -0.05) is 72.0 Å². The van der Waals surface area contributed by atoms with E-state index in [1.165, 1.54) is 16.7 Å². The molecule has 4 nitrogen and oxygen atoms in total. The molecule has 0 heterocycles. The third-order valence-electron chi connectivity index (χ3n) is 5.94. The summed E-state index contributed by atoms with van der Waals surface area (Å²) in [5, 5.41) is 3.74. The Bertz CT molecular complexity index is 923. The predicted molar refractivity (Wildman–Crippen MR) is 134 cm³/mol. The van der Waals surface area contributed by atoms with E-state index in [0.717, 1.165) is 37.0 Å². The van der Waals surface area contributed by atoms with Gasteiger partial charge in [0.05, 0.1) is 5.75 Å². The van der Waals surface area contributed by atoms with Gasteiger partial charge in [-0.05, 0) is 50.8 Å². The van der Waals surface area contributed by atoms with Gasteiger partial charge in [0, 0.05) is 23.4 Å². The minimum atomic E-state index is -0.554. The van der Waals surface area contributed by atoms with Crippen LogP contribution in [0.4, 0.5) is 0 Å². The standard InChI is InChI=1S/C26H33ClN2O2S/c1-18-12-19(2)14-21(13-18)16-32-17-25(30)29(15-22-8-4-7-11-24(22)27)20(3)26(31)28-23-9-5-6-10-23/h4,7-8,11-14,20,23H,5-6,9-10,15-17H2,1-3H3,(H,28,31)/t20-/m0/s1. The summed E-state index contributed by atoms with van der Waals surface area (Å²) in [5.41, 5.74) is 4.52. The van der Waals surface area contributed by atoms with Gasteiger partial charge in [-0.2, -0.15) is 0 Å². The molecular weight excluding hydrogens is 440 g/mol. The summed E-state index contributed by atoms with van der Waals surface area (Å²) in [5.74, 6) is 0.944. The first-order valence-corrected chi connectivity index (χ1v) is 12.8. The molecule has 0 aromatic heterocycles. The van der Waals surface area contributed by atoms with Crippen LogP contribution in [0.2, 0.25) is 5.02 Å². The number of carbonyl (C=O) groups is 2. The Morgan fingerprint density at radius 3 is 2.44 bits per heavy atom. The van der Waals surface area contributed by atoms with Gasteiger partial charge >= 0.3 is 0 Å². The van der Waals surface area contributed by atoms with E-state index in [4.69, 9.17) is 11.6 Å². The monoisotopic (exact) mass is 472 g/mol. The van der Waals surface area contributed by atoms with Crippen molar-refractivity contribution in [3.8, 4) is 0 Å². The number of carbonyl (C=O) groups excluding carboxylic acids is 2. The number of nitrogens with zero attached hydrogens (tertiary/aromatic N) is 1. The Labute approximate surface area is 201 Å². The summed E-state index contributed by atoms with van der Waals surface area (Å²) in [7, 11) is 0. The van der Waals surface area contributed by atoms with Crippen molar-refractivity contribution in [1.29, 1.82) is 0 Å². The number of aryl methyl sites for hydroxylation is 2. The molecule has 1 N–H and O–H groups in total. The van der Waals surface area contributed by atoms with Crippen LogP contribution >= 0.6 is 23.4 Å². The molecule has 2 aromatic rings. The van der Waals surface area contributed by atoms with Crippen molar-refractivity contribution >= 4 is 35.2 Å². The van der Waals surface area contributed by atoms with Gasteiger partial charge in [0.2, 0.25) is 11.8 Å². The minimum absolute atomic E-state index is 0.0478. The quantitative estimate of drug-likeness (QED) is 0.511. The van der Waals surface area contributed by atoms with Crippen LogP contribution in [0.3, 0.4) is 0 Å². The highest BCUT2D eigenvalue weighted by atomic mass is 35.5. The van der Waals surface area contributed by atoms with E-state index in [2.05, 4.69) is 37.4 Å². The van der Waals surface area contributed by atoms with Gasteiger partial charge in [-0.15, -0.1) is 11.8 Å². The van der Waals surface area contributed by atoms with Crippen LogP contribution < -0.4 is 5.32 Å². The molecule has 0 aliphatic heterocycles. The molecule has 0 unspecified atom stereocenters. The number of amides is 2. The highest BCUT2D eigenvalue weighted by Crippen LogP contribution is 2.22. The first-order valence-electron chi connectivity index (χ1n) is 11.3. The molecule has 32 heavy (non-hydrogen) atoms. The molecule has 1 saturated carbocycles. The van der Waals surface area contributed by atoms with Gasteiger partial charge in [0.25, 0.3) is 0 Å². The molecule has 1 atom stereocenters. The summed E-state index contributed by atoms with van der Waals surface area (Å²) in [4.78, 5) is 27.9. The average Bonchev–Trinajstić information content (AvgIpc) is 3.25. The summed E-state index contributed by atoms with van der Waals surface area (Å²) in [6.07, 6.45) is 4.33. The molecule has 1 aliphatic carbocycles. The zero-order chi connectivity index (χ0) is 23.1. The Morgan fingerprint density at radius 2 is 1.78 bits per heavy atom. The van der Waals surface area contributed by atoms with Gasteiger partial charge in [-0.25, -0.2) is 0 Å². The number of nitrogens with one attached hydrogen (secondary N) is 1. The van der Waals surface area contributed by atoms with Crippen molar-refractivity contribution in [2.75, 3.05) is 5.75 Å². The Hall–Kier alpha value is -1.98. The third kappa shape index (κ3) is 7.01. The second-order valence-electron chi connectivity index (χ2n) is 8.77. The lowest BCUT2D eigenvalue weighted by Crippen LogP contribution is -2.50. The smallest absolute Gasteiger partial charge is 0.242 e. The number of rotatable bonds is 9. The van der Waals surface area contributed by atoms with Crippen LogP contribution in [0.15, 0.2) is 42.5 Å². The van der Waals surface area contributed by atoms with Crippen LogP contribution in [0, 0.1) is 13.8 Å². The van der Waals surface area contributed by atoms with E-state index in [1.54, 1.807) is 16.7 Å². The Kier molecular flexibility index (Phi) is 9.06. The lowest BCUT2D eigenvalue weighted by atomic mass is 10.1. The number of thioether (sulfide) groups is 1. The zero-order valence-electron chi connectivity index (χ0n) is 19.2. The van der Waals surface area contributed by atoms with Crippen molar-refractivity contribution in [3.05, 3.63) is 69.7 Å². The number of benzene rings is 2. The Morgan fingerprint density at radius 1 is 1.12 bits per heavy atom. The third-order valence-corrected chi connectivity index (χ3v) is 7.30. The van der Waals surface area contributed by atoms with Crippen molar-refractivity contribution in [2.45, 2.75) is 70.8 Å². The average molecular weight is 473 g/mol. The molecular formula is C26H33ClN2O2S. The van der Waals surface area contributed by atoms with Gasteiger partial charge in [-0.3, -0.25) is 9.59 Å². The van der Waals surface area contributed by atoms with Crippen LogP contribution in [-0.4, -0.2) is 34.6 Å². The molecule has 0 spiro atoms. The van der Waals surface area contributed by atoms with E-state index >= 15 is 0 Å². The number of hydrogen-bond donors (Lipinski definition) is 1. The maximum absolute atomic E-state index is 13.2. The van der Waals surface area contributed by atoms with Gasteiger partial charge in [0.15, 0.2) is 0 Å². The minimum Gasteiger partial charge on any atom is -0.352 e. The maximum atomic E-state index is 13.2. The van der Waals surface area contributed by atoms with Crippen LogP contribution in [-0.2, 0) is 21.9 Å². The first-order chi connectivity index (χ1) is 15.3. The SMILES string of the molecule is Cc1cc(C)cc(CSCC(=O)N(Cc2ccccc2Cl)[C@@H](C)C(=O)NC2CCCC2)c1. The van der Waals surface area contributed by atoms with Crippen LogP contribution in [0.25, 0.3) is 0 Å². The normalized spacial score (nSPS) is 14.9. The van der Waals surface area contributed by atoms with Crippen LogP contribution in [0.1, 0.15) is 54.9 Å². The molecule has 2 aromatic carbocycles. The summed E-state index contributed by atoms with van der Waals surface area (Å²) < 4.78 is 0. The lowest BCUT2D eigenvalue weighted by Gasteiger charge is -2.30. The maximum Gasteiger partial charge on any atom is 0.242 e. The zero-order valence-corrected chi connectivity index (χ0v) is 20.8. The fraction of sp³-hybridized carbons (Fsp3) is 0.462. The predicted octanol–water partition coefficient (Wildman–Crippen LogP) is 5.67.